The highest BCUT2D eigenvalue weighted by atomic mass is 32.1. The third-order valence-corrected chi connectivity index (χ3v) is 7.15. The Bertz CT molecular complexity index is 1050. The second kappa shape index (κ2) is 7.86. The lowest BCUT2D eigenvalue weighted by Gasteiger charge is -2.25. The number of rotatable bonds is 5. The molecule has 7 heteroatoms. The van der Waals surface area contributed by atoms with E-state index in [9.17, 15) is 4.79 Å². The van der Waals surface area contributed by atoms with E-state index in [0.29, 0.717) is 24.5 Å². The number of nitrogens with zero attached hydrogens (tertiary/aromatic N) is 5. The normalized spacial score (nSPS) is 15.1. The van der Waals surface area contributed by atoms with Crippen molar-refractivity contribution in [3.63, 3.8) is 0 Å². The molecule has 0 aromatic carbocycles. The van der Waals surface area contributed by atoms with Crippen LogP contribution >= 0.6 is 11.3 Å². The summed E-state index contributed by atoms with van der Waals surface area (Å²) >= 11 is 1.69. The molecular weight excluding hydrogens is 382 g/mol. The zero-order chi connectivity index (χ0) is 20.7. The van der Waals surface area contributed by atoms with Gasteiger partial charge >= 0.3 is 0 Å². The zero-order valence-corrected chi connectivity index (χ0v) is 18.8. The van der Waals surface area contributed by atoms with Crippen LogP contribution in [0.1, 0.15) is 68.1 Å². The van der Waals surface area contributed by atoms with E-state index in [0.717, 1.165) is 64.4 Å². The smallest absolute Gasteiger partial charge is 0.186 e. The van der Waals surface area contributed by atoms with Crippen molar-refractivity contribution in [2.75, 3.05) is 18.0 Å². The molecule has 29 heavy (non-hydrogen) atoms. The maximum atomic E-state index is 11.6. The van der Waals surface area contributed by atoms with Gasteiger partial charge in [0.1, 0.15) is 11.5 Å². The van der Waals surface area contributed by atoms with Gasteiger partial charge in [-0.1, -0.05) is 25.2 Å². The number of piperidine rings is 1. The van der Waals surface area contributed by atoms with Gasteiger partial charge in [-0.15, -0.1) is 0 Å². The van der Waals surface area contributed by atoms with Crippen molar-refractivity contribution in [3.05, 3.63) is 28.7 Å². The summed E-state index contributed by atoms with van der Waals surface area (Å²) in [6.45, 7) is 12.2. The quantitative estimate of drug-likeness (QED) is 0.600. The summed E-state index contributed by atoms with van der Waals surface area (Å²) in [5.41, 5.74) is 6.30. The first-order valence-electron chi connectivity index (χ1n) is 10.5. The molecule has 0 bridgehead atoms. The van der Waals surface area contributed by atoms with Crippen LogP contribution < -0.4 is 4.90 Å². The van der Waals surface area contributed by atoms with E-state index >= 15 is 0 Å². The van der Waals surface area contributed by atoms with Crippen LogP contribution in [-0.4, -0.2) is 38.5 Å². The van der Waals surface area contributed by atoms with Crippen LogP contribution in [0, 0.1) is 20.8 Å². The molecule has 3 aromatic rings. The number of fused-ring (bicyclic) bond motifs is 1. The Balaban J connectivity index is 1.83. The molecule has 0 radical (unpaired) electrons. The number of aromatic nitrogens is 4. The molecule has 1 aliphatic heterocycles. The van der Waals surface area contributed by atoms with Crippen LogP contribution in [0.4, 0.5) is 5.13 Å². The molecule has 0 N–H and O–H groups in total. The molecule has 3 aromatic heterocycles. The van der Waals surface area contributed by atoms with Crippen molar-refractivity contribution in [2.24, 2.45) is 0 Å². The first-order valence-corrected chi connectivity index (χ1v) is 11.4. The molecule has 0 spiro atoms. The van der Waals surface area contributed by atoms with E-state index in [1.165, 1.54) is 5.56 Å². The second-order valence-electron chi connectivity index (χ2n) is 7.97. The summed E-state index contributed by atoms with van der Waals surface area (Å²) < 4.78 is 2.03. The number of imidazole rings is 1. The van der Waals surface area contributed by atoms with Crippen LogP contribution in [0.25, 0.3) is 16.2 Å². The SMILES string of the molecule is CCC(CC)c1cc(C)nn2c(-c3sc(N4CCC(=O)CC4)nc3C)c(C)nc12. The minimum absolute atomic E-state index is 0.348. The van der Waals surface area contributed by atoms with Crippen molar-refractivity contribution in [1.29, 1.82) is 0 Å². The van der Waals surface area contributed by atoms with Crippen molar-refractivity contribution in [3.8, 4) is 10.6 Å². The molecule has 154 valence electrons. The van der Waals surface area contributed by atoms with Gasteiger partial charge < -0.3 is 4.90 Å². The third-order valence-electron chi connectivity index (χ3n) is 5.93. The molecule has 4 rings (SSSR count). The Morgan fingerprint density at radius 1 is 1.07 bits per heavy atom. The Hall–Kier alpha value is -2.28. The molecule has 1 fully saturated rings. The molecule has 0 saturated carbocycles. The molecule has 1 saturated heterocycles. The lowest BCUT2D eigenvalue weighted by atomic mass is 9.95. The Morgan fingerprint density at radius 3 is 2.41 bits per heavy atom. The number of hydrogen-bond acceptors (Lipinski definition) is 6. The first-order chi connectivity index (χ1) is 13.9. The lowest BCUT2D eigenvalue weighted by Crippen LogP contribution is -2.33. The van der Waals surface area contributed by atoms with Gasteiger partial charge in [0.2, 0.25) is 0 Å². The van der Waals surface area contributed by atoms with Gasteiger partial charge in [-0.3, -0.25) is 4.79 Å². The van der Waals surface area contributed by atoms with Crippen molar-refractivity contribution in [1.82, 2.24) is 19.6 Å². The first kappa shape index (κ1) is 20.0. The van der Waals surface area contributed by atoms with Crippen LogP contribution in [0.15, 0.2) is 6.07 Å². The largest absolute Gasteiger partial charge is 0.347 e. The maximum absolute atomic E-state index is 11.6. The zero-order valence-electron chi connectivity index (χ0n) is 17.9. The molecule has 0 amide bonds. The fourth-order valence-electron chi connectivity index (χ4n) is 4.25. The van der Waals surface area contributed by atoms with Gasteiger partial charge in [-0.05, 0) is 45.6 Å². The highest BCUT2D eigenvalue weighted by Gasteiger charge is 2.25. The summed E-state index contributed by atoms with van der Waals surface area (Å²) in [5.74, 6) is 0.832. The highest BCUT2D eigenvalue weighted by Crippen LogP contribution is 2.38. The summed E-state index contributed by atoms with van der Waals surface area (Å²) in [6, 6.07) is 2.19. The van der Waals surface area contributed by atoms with Crippen molar-refractivity contribution >= 4 is 27.9 Å². The number of carbonyl (C=O) groups excluding carboxylic acids is 1. The Kier molecular flexibility index (Phi) is 5.42. The summed E-state index contributed by atoms with van der Waals surface area (Å²) in [7, 11) is 0. The minimum atomic E-state index is 0.348. The maximum Gasteiger partial charge on any atom is 0.186 e. The van der Waals surface area contributed by atoms with Gasteiger partial charge in [0.05, 0.1) is 22.0 Å². The fourth-order valence-corrected chi connectivity index (χ4v) is 5.45. The number of ketones is 1. The lowest BCUT2D eigenvalue weighted by molar-refractivity contribution is -0.119. The van der Waals surface area contributed by atoms with E-state index in [4.69, 9.17) is 15.1 Å². The standard InChI is InChI=1S/C22H29N5OS/c1-6-16(7-2)18-12-13(3)25-27-19(14(4)23-21(18)27)20-15(5)24-22(29-20)26-10-8-17(28)9-11-26/h12,16H,6-11H2,1-5H3. The third kappa shape index (κ3) is 3.56. The minimum Gasteiger partial charge on any atom is -0.347 e. The van der Waals surface area contributed by atoms with Gasteiger partial charge in [0.25, 0.3) is 0 Å². The predicted octanol–water partition coefficient (Wildman–Crippen LogP) is 4.85. The second-order valence-corrected chi connectivity index (χ2v) is 8.95. The van der Waals surface area contributed by atoms with Gasteiger partial charge in [-0.2, -0.15) is 5.10 Å². The summed E-state index contributed by atoms with van der Waals surface area (Å²) in [5, 5.41) is 5.82. The number of Topliss-reactive ketones (excluding diaryl/α,β-unsaturated/α-hetero) is 1. The monoisotopic (exact) mass is 411 g/mol. The van der Waals surface area contributed by atoms with E-state index in [1.807, 2.05) is 4.52 Å². The van der Waals surface area contributed by atoms with Crippen molar-refractivity contribution in [2.45, 2.75) is 66.2 Å². The summed E-state index contributed by atoms with van der Waals surface area (Å²) in [6.07, 6.45) is 3.41. The number of hydrogen-bond donors (Lipinski definition) is 0. The molecule has 4 heterocycles. The number of aryl methyl sites for hydroxylation is 3. The average molecular weight is 412 g/mol. The Morgan fingerprint density at radius 2 is 1.76 bits per heavy atom. The predicted molar refractivity (Wildman–Crippen MR) is 118 cm³/mol. The van der Waals surface area contributed by atoms with E-state index in [1.54, 1.807) is 11.3 Å². The van der Waals surface area contributed by atoms with E-state index < -0.39 is 0 Å². The molecular formula is C22H29N5OS. The Labute approximate surface area is 176 Å². The topological polar surface area (TPSA) is 63.4 Å². The number of anilines is 1. The molecule has 0 atom stereocenters. The highest BCUT2D eigenvalue weighted by molar-refractivity contribution is 7.19. The van der Waals surface area contributed by atoms with Crippen LogP contribution in [-0.2, 0) is 4.79 Å². The fraction of sp³-hybridized carbons (Fsp3) is 0.545. The van der Waals surface area contributed by atoms with Crippen LogP contribution in [0.2, 0.25) is 0 Å². The van der Waals surface area contributed by atoms with E-state index in [2.05, 4.69) is 45.6 Å². The molecule has 0 unspecified atom stereocenters. The van der Waals surface area contributed by atoms with Gasteiger partial charge in [0, 0.05) is 31.5 Å². The average Bonchev–Trinajstić information content (AvgIpc) is 3.22. The van der Waals surface area contributed by atoms with Crippen LogP contribution in [0.3, 0.4) is 0 Å². The molecule has 0 aliphatic carbocycles. The van der Waals surface area contributed by atoms with Crippen molar-refractivity contribution < 1.29 is 4.79 Å². The number of thiazole rings is 1. The van der Waals surface area contributed by atoms with Gasteiger partial charge in [0.15, 0.2) is 10.8 Å². The summed E-state index contributed by atoms with van der Waals surface area (Å²) in [4.78, 5) is 24.7. The van der Waals surface area contributed by atoms with Crippen LogP contribution in [0.5, 0.6) is 0 Å². The number of carbonyl (C=O) groups is 1. The van der Waals surface area contributed by atoms with Gasteiger partial charge in [-0.25, -0.2) is 14.5 Å². The molecule has 1 aliphatic rings. The molecule has 6 nitrogen and oxygen atoms in total. The van der Waals surface area contributed by atoms with E-state index in [-0.39, 0.29) is 0 Å².